The van der Waals surface area contributed by atoms with Crippen LogP contribution >= 0.6 is 0 Å². The predicted octanol–water partition coefficient (Wildman–Crippen LogP) is 2.73. The van der Waals surface area contributed by atoms with Crippen LogP contribution in [0.2, 0.25) is 0 Å². The van der Waals surface area contributed by atoms with Gasteiger partial charge in [-0.05, 0) is 25.1 Å². The molecule has 2 rings (SSSR count). The molecule has 0 aliphatic carbocycles. The van der Waals surface area contributed by atoms with Crippen molar-refractivity contribution in [3.05, 3.63) is 48.2 Å². The van der Waals surface area contributed by atoms with Crippen LogP contribution < -0.4 is 15.2 Å². The Bertz CT molecular complexity index is 515. The Labute approximate surface area is 106 Å². The van der Waals surface area contributed by atoms with Gasteiger partial charge in [0.15, 0.2) is 0 Å². The Kier molecular flexibility index (Phi) is 4.15. The fourth-order valence-electron chi connectivity index (χ4n) is 1.58. The molecule has 0 saturated carbocycles. The minimum Gasteiger partial charge on any atom is -0.494 e. The monoisotopic (exact) mass is 244 g/mol. The number of benzene rings is 1. The second-order valence-electron chi connectivity index (χ2n) is 3.68. The lowest BCUT2D eigenvalue weighted by molar-refractivity contribution is 0.338. The molecule has 0 spiro atoms. The van der Waals surface area contributed by atoms with Crippen LogP contribution in [0.1, 0.15) is 12.5 Å². The number of nitrogens with two attached hydrogens (primary N) is 1. The molecule has 0 saturated heterocycles. The highest BCUT2D eigenvalue weighted by Crippen LogP contribution is 2.25. The number of pyridine rings is 1. The van der Waals surface area contributed by atoms with Crippen molar-refractivity contribution < 1.29 is 9.47 Å². The van der Waals surface area contributed by atoms with Gasteiger partial charge in [0.2, 0.25) is 5.88 Å². The molecule has 2 aromatic rings. The Hall–Kier alpha value is -2.07. The molecular weight excluding hydrogens is 228 g/mol. The third-order valence-electron chi connectivity index (χ3n) is 2.40. The molecule has 94 valence electrons. The Morgan fingerprint density at radius 2 is 2.00 bits per heavy atom. The van der Waals surface area contributed by atoms with E-state index in [1.165, 1.54) is 0 Å². The molecule has 2 N–H and O–H groups in total. The van der Waals surface area contributed by atoms with Crippen molar-refractivity contribution in [2.45, 2.75) is 13.5 Å². The maximum Gasteiger partial charge on any atom is 0.223 e. The quantitative estimate of drug-likeness (QED) is 0.878. The van der Waals surface area contributed by atoms with E-state index in [4.69, 9.17) is 15.2 Å². The van der Waals surface area contributed by atoms with Gasteiger partial charge in [0, 0.05) is 24.4 Å². The minimum absolute atomic E-state index is 0.397. The molecule has 1 aromatic carbocycles. The Balaban J connectivity index is 2.20. The molecule has 1 aromatic heterocycles. The summed E-state index contributed by atoms with van der Waals surface area (Å²) in [6.07, 6.45) is 1.68. The molecule has 0 fully saturated rings. The van der Waals surface area contributed by atoms with E-state index in [1.807, 2.05) is 43.3 Å². The smallest absolute Gasteiger partial charge is 0.223 e. The highest BCUT2D eigenvalue weighted by atomic mass is 16.5. The topological polar surface area (TPSA) is 57.4 Å². The van der Waals surface area contributed by atoms with Gasteiger partial charge in [0.1, 0.15) is 11.5 Å². The summed E-state index contributed by atoms with van der Waals surface area (Å²) in [5.74, 6) is 2.00. The van der Waals surface area contributed by atoms with E-state index in [2.05, 4.69) is 4.98 Å². The molecular formula is C14H16N2O2. The van der Waals surface area contributed by atoms with Crippen molar-refractivity contribution in [3.63, 3.8) is 0 Å². The van der Waals surface area contributed by atoms with Crippen LogP contribution in [0.3, 0.4) is 0 Å². The fourth-order valence-corrected chi connectivity index (χ4v) is 1.58. The first-order chi connectivity index (χ1) is 8.83. The third kappa shape index (κ3) is 2.99. The summed E-state index contributed by atoms with van der Waals surface area (Å²) >= 11 is 0. The molecule has 0 amide bonds. The van der Waals surface area contributed by atoms with E-state index in [-0.39, 0.29) is 0 Å². The van der Waals surface area contributed by atoms with Crippen LogP contribution in [0.25, 0.3) is 0 Å². The SMILES string of the molecule is CCOc1cccc(Oc2ncccc2CN)c1. The second kappa shape index (κ2) is 6.02. The van der Waals surface area contributed by atoms with Crippen molar-refractivity contribution in [1.29, 1.82) is 0 Å². The van der Waals surface area contributed by atoms with Crippen molar-refractivity contribution in [2.24, 2.45) is 5.73 Å². The average molecular weight is 244 g/mol. The minimum atomic E-state index is 0.397. The van der Waals surface area contributed by atoms with Gasteiger partial charge in [-0.3, -0.25) is 0 Å². The Morgan fingerprint density at radius 1 is 1.17 bits per heavy atom. The first-order valence-corrected chi connectivity index (χ1v) is 5.88. The number of nitrogens with zero attached hydrogens (tertiary/aromatic N) is 1. The lowest BCUT2D eigenvalue weighted by Crippen LogP contribution is -2.01. The number of hydrogen-bond acceptors (Lipinski definition) is 4. The molecule has 0 radical (unpaired) electrons. The predicted molar refractivity (Wildman–Crippen MR) is 69.8 cm³/mol. The van der Waals surface area contributed by atoms with Crippen LogP contribution in [0.5, 0.6) is 17.4 Å². The van der Waals surface area contributed by atoms with Crippen molar-refractivity contribution in [1.82, 2.24) is 4.98 Å². The first-order valence-electron chi connectivity index (χ1n) is 5.88. The summed E-state index contributed by atoms with van der Waals surface area (Å²) < 4.78 is 11.1. The number of aromatic nitrogens is 1. The van der Waals surface area contributed by atoms with Gasteiger partial charge >= 0.3 is 0 Å². The number of hydrogen-bond donors (Lipinski definition) is 1. The summed E-state index contributed by atoms with van der Waals surface area (Å²) in [5, 5.41) is 0. The van der Waals surface area contributed by atoms with E-state index >= 15 is 0 Å². The van der Waals surface area contributed by atoms with E-state index in [9.17, 15) is 0 Å². The summed E-state index contributed by atoms with van der Waals surface area (Å²) in [5.41, 5.74) is 6.51. The third-order valence-corrected chi connectivity index (χ3v) is 2.40. The van der Waals surface area contributed by atoms with Crippen LogP contribution in [0.4, 0.5) is 0 Å². The zero-order valence-electron chi connectivity index (χ0n) is 10.3. The van der Waals surface area contributed by atoms with Gasteiger partial charge in [-0.15, -0.1) is 0 Å². The molecule has 0 atom stereocenters. The van der Waals surface area contributed by atoms with Gasteiger partial charge in [0.05, 0.1) is 6.61 Å². The van der Waals surface area contributed by atoms with Crippen LogP contribution in [0, 0.1) is 0 Å². The van der Waals surface area contributed by atoms with Gasteiger partial charge in [-0.2, -0.15) is 0 Å². The highest BCUT2D eigenvalue weighted by molar-refractivity contribution is 5.37. The van der Waals surface area contributed by atoms with E-state index in [0.717, 1.165) is 11.3 Å². The van der Waals surface area contributed by atoms with Gasteiger partial charge in [-0.25, -0.2) is 4.98 Å². The normalized spacial score (nSPS) is 10.1. The van der Waals surface area contributed by atoms with E-state index in [1.54, 1.807) is 6.20 Å². The molecule has 4 heteroatoms. The van der Waals surface area contributed by atoms with Crippen LogP contribution in [-0.2, 0) is 6.54 Å². The van der Waals surface area contributed by atoms with Gasteiger partial charge < -0.3 is 15.2 Å². The molecule has 0 aliphatic rings. The van der Waals surface area contributed by atoms with E-state index in [0.29, 0.717) is 24.8 Å². The van der Waals surface area contributed by atoms with E-state index < -0.39 is 0 Å². The summed E-state index contributed by atoms with van der Waals surface area (Å²) in [6.45, 7) is 2.97. The first kappa shape index (κ1) is 12.4. The number of ether oxygens (including phenoxy) is 2. The lowest BCUT2D eigenvalue weighted by atomic mass is 10.2. The molecule has 0 aliphatic heterocycles. The zero-order chi connectivity index (χ0) is 12.8. The Morgan fingerprint density at radius 3 is 2.78 bits per heavy atom. The molecule has 0 unspecified atom stereocenters. The molecule has 4 nitrogen and oxygen atoms in total. The summed E-state index contributed by atoms with van der Waals surface area (Å²) in [6, 6.07) is 11.2. The van der Waals surface area contributed by atoms with Crippen molar-refractivity contribution in [2.75, 3.05) is 6.61 Å². The molecule has 18 heavy (non-hydrogen) atoms. The maximum atomic E-state index is 5.72. The second-order valence-corrected chi connectivity index (χ2v) is 3.68. The average Bonchev–Trinajstić information content (AvgIpc) is 2.40. The van der Waals surface area contributed by atoms with Gasteiger partial charge in [0.25, 0.3) is 0 Å². The van der Waals surface area contributed by atoms with Crippen molar-refractivity contribution in [3.8, 4) is 17.4 Å². The standard InChI is InChI=1S/C14H16N2O2/c1-2-17-12-6-3-7-13(9-12)18-14-11(10-15)5-4-8-16-14/h3-9H,2,10,15H2,1H3. The van der Waals surface area contributed by atoms with Crippen LogP contribution in [0.15, 0.2) is 42.6 Å². The fraction of sp³-hybridized carbons (Fsp3) is 0.214. The van der Waals surface area contributed by atoms with Crippen LogP contribution in [-0.4, -0.2) is 11.6 Å². The maximum absolute atomic E-state index is 5.72. The molecule has 0 bridgehead atoms. The zero-order valence-corrected chi connectivity index (χ0v) is 10.3. The summed E-state index contributed by atoms with van der Waals surface area (Å²) in [4.78, 5) is 4.18. The summed E-state index contributed by atoms with van der Waals surface area (Å²) in [7, 11) is 0. The highest BCUT2D eigenvalue weighted by Gasteiger charge is 2.05. The number of rotatable bonds is 5. The lowest BCUT2D eigenvalue weighted by Gasteiger charge is -2.09. The van der Waals surface area contributed by atoms with Gasteiger partial charge in [-0.1, -0.05) is 12.1 Å². The molecule has 1 heterocycles. The van der Waals surface area contributed by atoms with Crippen molar-refractivity contribution >= 4 is 0 Å². The largest absolute Gasteiger partial charge is 0.494 e.